The van der Waals surface area contributed by atoms with Gasteiger partial charge in [-0.1, -0.05) is 97.9 Å². The summed E-state index contributed by atoms with van der Waals surface area (Å²) in [5.74, 6) is -5.64. The number of benzene rings is 2. The SMILES string of the molecule is COC(=O)CCCC(=O)N(CCCC(=O)OC)C(C(=O)CCCCC(=O)N(CCCC(=O)OC)C(C(=O)CCCCC(=O)N(CCCC(=O)OC)C(C(=O)NCCCC(=O)N(Cc1ccc2c3c4c(ccc13)C=CCC4=CC2)C(C(=O)NC(C)(C)C)C(C)C)C(C)C)C(C)C)C(C)C. The third-order valence-corrected chi connectivity index (χ3v) is 18.1. The average molecular weight is 1370 g/mol. The van der Waals surface area contributed by atoms with Gasteiger partial charge in [-0.2, -0.15) is 0 Å². The Kier molecular flexibility index (Phi) is 34.5. The molecule has 2 N–H and O–H groups in total. The van der Waals surface area contributed by atoms with Crippen LogP contribution in [-0.2, 0) is 89.4 Å². The molecule has 4 atom stereocenters. The number of hydrogen-bond donors (Lipinski definition) is 2. The second kappa shape index (κ2) is 40.9. The van der Waals surface area contributed by atoms with E-state index in [2.05, 4.69) is 53.1 Å². The minimum absolute atomic E-state index is 0.00144. The standard InChI is InChI=1S/C76H114N6O16/c1-49(2)70(79(45-23-35-65(90)96-13)60(85)30-18-16-28-59(84)71(50(3)4)80(46-24-36-66(91)97-14)62(87)32-21-34-64(89)95-12)58(83)29-17-19-31-61(86)81(47-25-37-67(92)98-15)72(51(5)6)74(93)77-44-22-33-63(88)82(73(52(7)8)75(94)78-76(9,10)11)48-56-41-40-55-39-38-53-26-20-27-54-42-43-57(56)69(55)68(53)54/h20,27,38,40-43,49-52,70-73H,16-19,21-26,28-37,39,44-48H2,1-15H3,(H,77,93)(H,78,94). The summed E-state index contributed by atoms with van der Waals surface area (Å²) in [6, 6.07) is 4.93. The Bertz CT molecular complexity index is 3160. The largest absolute Gasteiger partial charge is 0.469 e. The molecular formula is C76H114N6O16. The van der Waals surface area contributed by atoms with Crippen LogP contribution in [0.15, 0.2) is 36.4 Å². The Morgan fingerprint density at radius 1 is 0.449 bits per heavy atom. The third-order valence-electron chi connectivity index (χ3n) is 18.1. The maximum atomic E-state index is 14.8. The van der Waals surface area contributed by atoms with Gasteiger partial charge >= 0.3 is 23.9 Å². The van der Waals surface area contributed by atoms with Crippen molar-refractivity contribution in [2.75, 3.05) is 54.6 Å². The number of ketones is 2. The first-order chi connectivity index (χ1) is 46.4. The van der Waals surface area contributed by atoms with Gasteiger partial charge in [-0.05, 0) is 154 Å². The van der Waals surface area contributed by atoms with Crippen LogP contribution < -0.4 is 10.6 Å². The topological polar surface area (TPSA) is 279 Å². The Morgan fingerprint density at radius 2 is 0.857 bits per heavy atom. The first-order valence-electron chi connectivity index (χ1n) is 35.4. The summed E-state index contributed by atoms with van der Waals surface area (Å²) in [4.78, 5) is 169. The van der Waals surface area contributed by atoms with E-state index in [0.29, 0.717) is 0 Å². The summed E-state index contributed by atoms with van der Waals surface area (Å²) in [5, 5.41) is 8.34. The molecule has 2 aromatic rings. The van der Waals surface area contributed by atoms with Crippen LogP contribution in [0.25, 0.3) is 22.4 Å². The Hall–Kier alpha value is -7.78. The van der Waals surface area contributed by atoms with Crippen molar-refractivity contribution in [3.05, 3.63) is 58.7 Å². The lowest BCUT2D eigenvalue weighted by atomic mass is 9.80. The summed E-state index contributed by atoms with van der Waals surface area (Å²) in [6.45, 7) is 21.0. The van der Waals surface area contributed by atoms with Crippen molar-refractivity contribution in [2.45, 2.75) is 247 Å². The summed E-state index contributed by atoms with van der Waals surface area (Å²) in [5.41, 5.74) is 5.24. The predicted molar refractivity (Wildman–Crippen MR) is 376 cm³/mol. The van der Waals surface area contributed by atoms with Gasteiger partial charge in [0.1, 0.15) is 12.1 Å². The second-order valence-electron chi connectivity index (χ2n) is 28.4. The molecule has 2 aliphatic rings. The highest BCUT2D eigenvalue weighted by atomic mass is 16.5. The molecule has 22 heteroatoms. The molecule has 98 heavy (non-hydrogen) atoms. The van der Waals surface area contributed by atoms with Gasteiger partial charge in [0.2, 0.25) is 35.4 Å². The molecule has 4 unspecified atom stereocenters. The fourth-order valence-electron chi connectivity index (χ4n) is 13.4. The Balaban J connectivity index is 1.47. The first-order valence-corrected chi connectivity index (χ1v) is 35.4. The molecule has 0 spiro atoms. The van der Waals surface area contributed by atoms with Crippen molar-refractivity contribution in [2.24, 2.45) is 23.7 Å². The molecule has 0 heterocycles. The van der Waals surface area contributed by atoms with Crippen LogP contribution in [0.3, 0.4) is 0 Å². The highest BCUT2D eigenvalue weighted by Gasteiger charge is 2.38. The number of allylic oxidation sites excluding steroid dienone is 3. The van der Waals surface area contributed by atoms with E-state index in [1.165, 1.54) is 65.2 Å². The first kappa shape index (κ1) is 82.6. The van der Waals surface area contributed by atoms with Gasteiger partial charge in [0.15, 0.2) is 11.6 Å². The van der Waals surface area contributed by atoms with Gasteiger partial charge in [-0.25, -0.2) is 0 Å². The van der Waals surface area contributed by atoms with Gasteiger partial charge < -0.3 is 49.2 Å². The van der Waals surface area contributed by atoms with Crippen molar-refractivity contribution < 1.29 is 76.5 Å². The van der Waals surface area contributed by atoms with Crippen LogP contribution in [0.4, 0.5) is 0 Å². The summed E-state index contributed by atoms with van der Waals surface area (Å²) < 4.78 is 19.3. The maximum Gasteiger partial charge on any atom is 0.305 e. The Labute approximate surface area is 581 Å². The molecule has 2 aromatic carbocycles. The van der Waals surface area contributed by atoms with Crippen LogP contribution in [0.2, 0.25) is 0 Å². The summed E-state index contributed by atoms with van der Waals surface area (Å²) in [7, 11) is 5.07. The lowest BCUT2D eigenvalue weighted by molar-refractivity contribution is -0.144. The van der Waals surface area contributed by atoms with E-state index >= 15 is 0 Å². The average Bonchev–Trinajstić information content (AvgIpc) is 0.741. The number of unbranched alkanes of at least 4 members (excludes halogenated alkanes) is 2. The van der Waals surface area contributed by atoms with E-state index in [1.54, 1.807) is 4.90 Å². The monoisotopic (exact) mass is 1370 g/mol. The number of nitrogens with one attached hydrogen (secondary N) is 2. The van der Waals surface area contributed by atoms with Gasteiger partial charge in [0.25, 0.3) is 0 Å². The lowest BCUT2D eigenvalue weighted by Crippen LogP contribution is -2.55. The summed E-state index contributed by atoms with van der Waals surface area (Å²) in [6.07, 6.45) is 10.5. The van der Waals surface area contributed by atoms with Crippen molar-refractivity contribution in [3.63, 3.8) is 0 Å². The number of rotatable bonds is 44. The predicted octanol–water partition coefficient (Wildman–Crippen LogP) is 10.4. The van der Waals surface area contributed by atoms with Crippen LogP contribution >= 0.6 is 0 Å². The highest BCUT2D eigenvalue weighted by molar-refractivity contribution is 6.04. The molecule has 2 aliphatic carbocycles. The van der Waals surface area contributed by atoms with Gasteiger partial charge in [0, 0.05) is 102 Å². The number of hydrogen-bond acceptors (Lipinski definition) is 16. The molecule has 0 fully saturated rings. The van der Waals surface area contributed by atoms with Crippen molar-refractivity contribution in [1.29, 1.82) is 0 Å². The molecule has 0 saturated carbocycles. The summed E-state index contributed by atoms with van der Waals surface area (Å²) >= 11 is 0. The van der Waals surface area contributed by atoms with Crippen LogP contribution in [0.1, 0.15) is 227 Å². The van der Waals surface area contributed by atoms with Gasteiger partial charge in [-0.15, -0.1) is 0 Å². The number of amides is 6. The van der Waals surface area contributed by atoms with E-state index in [9.17, 15) is 57.5 Å². The number of carbonyl (C=O) groups is 12. The zero-order valence-electron chi connectivity index (χ0n) is 61.4. The number of nitrogens with zero attached hydrogens (tertiary/aromatic N) is 4. The van der Waals surface area contributed by atoms with Crippen LogP contribution in [0.5, 0.6) is 0 Å². The zero-order valence-corrected chi connectivity index (χ0v) is 61.4. The lowest BCUT2D eigenvalue weighted by Gasteiger charge is -2.36. The number of Topliss-reactive ketones (excluding diaryl/α,β-unsaturated/α-hetero) is 2. The van der Waals surface area contributed by atoms with E-state index in [-0.39, 0.29) is 214 Å². The van der Waals surface area contributed by atoms with Gasteiger partial charge in [0.05, 0.1) is 40.5 Å². The molecule has 0 aromatic heterocycles. The van der Waals surface area contributed by atoms with E-state index in [1.807, 2.05) is 76.2 Å². The second-order valence-corrected chi connectivity index (χ2v) is 28.4. The van der Waals surface area contributed by atoms with Crippen molar-refractivity contribution >= 4 is 93.3 Å². The smallest absolute Gasteiger partial charge is 0.305 e. The fourth-order valence-corrected chi connectivity index (χ4v) is 13.4. The van der Waals surface area contributed by atoms with Gasteiger partial charge in [-0.3, -0.25) is 57.5 Å². The number of carbonyl (C=O) groups excluding carboxylic acids is 12. The van der Waals surface area contributed by atoms with E-state index in [4.69, 9.17) is 18.9 Å². The van der Waals surface area contributed by atoms with Crippen molar-refractivity contribution in [3.8, 4) is 0 Å². The fraction of sp³-hybridized carbons (Fsp3) is 0.658. The Morgan fingerprint density at radius 3 is 1.31 bits per heavy atom. The molecular weight excluding hydrogens is 1250 g/mol. The maximum absolute atomic E-state index is 14.8. The van der Waals surface area contributed by atoms with Crippen molar-refractivity contribution in [1.82, 2.24) is 30.2 Å². The zero-order chi connectivity index (χ0) is 73.0. The number of methoxy groups -OCH3 is 4. The van der Waals surface area contributed by atoms with E-state index < -0.39 is 65.4 Å². The molecule has 22 nitrogen and oxygen atoms in total. The minimum atomic E-state index is -0.969. The normalized spacial score (nSPS) is 13.6. The quantitative estimate of drug-likeness (QED) is 0.0354. The van der Waals surface area contributed by atoms with Crippen LogP contribution in [0, 0.1) is 23.7 Å². The number of ether oxygens (including phenoxy) is 4. The molecule has 0 saturated heterocycles. The minimum Gasteiger partial charge on any atom is -0.469 e. The number of esters is 4. The highest BCUT2D eigenvalue weighted by Crippen LogP contribution is 2.42. The third kappa shape index (κ3) is 25.2. The molecule has 544 valence electrons. The van der Waals surface area contributed by atoms with E-state index in [0.717, 1.165) is 29.4 Å². The molecule has 0 radical (unpaired) electrons. The molecule has 6 amide bonds. The molecule has 0 aliphatic heterocycles. The molecule has 4 rings (SSSR count). The molecule has 0 bridgehead atoms. The van der Waals surface area contributed by atoms with Crippen LogP contribution in [-0.4, -0.2) is 175 Å².